The molecular weight excluding hydrogens is 318 g/mol. The summed E-state index contributed by atoms with van der Waals surface area (Å²) < 4.78 is 25.9. The minimum Gasteiger partial charge on any atom is -0.339 e. The Morgan fingerprint density at radius 2 is 1.26 bits per heavy atom. The van der Waals surface area contributed by atoms with Gasteiger partial charge < -0.3 is 9.80 Å². The van der Waals surface area contributed by atoms with Crippen LogP contribution in [0.5, 0.6) is 0 Å². The molecule has 3 nitrogen and oxygen atoms in total. The van der Waals surface area contributed by atoms with Crippen LogP contribution in [0.1, 0.15) is 6.42 Å². The largest absolute Gasteiger partial charge is 0.339 e. The van der Waals surface area contributed by atoms with Gasteiger partial charge in [0.2, 0.25) is 5.91 Å². The summed E-state index contributed by atoms with van der Waals surface area (Å²) in [6, 6.07) is 11.5. The first-order valence-corrected chi connectivity index (χ1v) is 7.33. The molecule has 0 heterocycles. The van der Waals surface area contributed by atoms with Gasteiger partial charge in [-0.3, -0.25) is 4.79 Å². The number of hydrogen-bond donors (Lipinski definition) is 0. The first kappa shape index (κ1) is 17.0. The zero-order valence-electron chi connectivity index (χ0n) is 12.8. The smallest absolute Gasteiger partial charge is 0.233 e. The highest BCUT2D eigenvalue weighted by Gasteiger charge is 2.16. The molecule has 0 fully saturated rings. The Kier molecular flexibility index (Phi) is 5.39. The Morgan fingerprint density at radius 3 is 1.70 bits per heavy atom. The molecule has 0 aromatic heterocycles. The SMILES string of the molecule is CN(C(=O)CC(=S)N(C)c1ccc(F)cc1)c1ccc(F)cc1. The van der Waals surface area contributed by atoms with E-state index in [0.717, 1.165) is 0 Å². The lowest BCUT2D eigenvalue weighted by Crippen LogP contribution is -2.33. The van der Waals surface area contributed by atoms with Crippen LogP contribution in [0.25, 0.3) is 0 Å². The van der Waals surface area contributed by atoms with Crippen LogP contribution in [-0.2, 0) is 4.79 Å². The summed E-state index contributed by atoms with van der Waals surface area (Å²) in [6.07, 6.45) is 0.0249. The molecular formula is C17H16F2N2OS. The minimum absolute atomic E-state index is 0.0249. The van der Waals surface area contributed by atoms with Crippen LogP contribution < -0.4 is 9.80 Å². The molecule has 0 unspecified atom stereocenters. The summed E-state index contributed by atoms with van der Waals surface area (Å²) in [7, 11) is 3.33. The normalized spacial score (nSPS) is 10.3. The van der Waals surface area contributed by atoms with Crippen molar-refractivity contribution in [3.05, 3.63) is 60.2 Å². The van der Waals surface area contributed by atoms with Gasteiger partial charge in [0.05, 0.1) is 11.4 Å². The second-order valence-corrected chi connectivity index (χ2v) is 5.51. The van der Waals surface area contributed by atoms with Crippen LogP contribution in [0.3, 0.4) is 0 Å². The van der Waals surface area contributed by atoms with Gasteiger partial charge in [-0.1, -0.05) is 12.2 Å². The van der Waals surface area contributed by atoms with E-state index in [9.17, 15) is 13.6 Å². The second-order valence-electron chi connectivity index (χ2n) is 5.04. The molecule has 23 heavy (non-hydrogen) atoms. The third-order valence-electron chi connectivity index (χ3n) is 3.48. The summed E-state index contributed by atoms with van der Waals surface area (Å²) in [5.74, 6) is -0.906. The maximum atomic E-state index is 12.9. The number of nitrogens with zero attached hydrogens (tertiary/aromatic N) is 2. The van der Waals surface area contributed by atoms with E-state index in [2.05, 4.69) is 0 Å². The van der Waals surface area contributed by atoms with Gasteiger partial charge in [-0.2, -0.15) is 0 Å². The van der Waals surface area contributed by atoms with Gasteiger partial charge in [-0.05, 0) is 48.5 Å². The van der Waals surface area contributed by atoms with Crippen LogP contribution in [-0.4, -0.2) is 25.0 Å². The molecule has 0 saturated heterocycles. The van der Waals surface area contributed by atoms with Crippen LogP contribution >= 0.6 is 12.2 Å². The number of carbonyl (C=O) groups is 1. The van der Waals surface area contributed by atoms with E-state index in [-0.39, 0.29) is 24.0 Å². The maximum Gasteiger partial charge on any atom is 0.233 e. The Balaban J connectivity index is 2.02. The molecule has 6 heteroatoms. The summed E-state index contributed by atoms with van der Waals surface area (Å²) in [6.45, 7) is 0. The van der Waals surface area contributed by atoms with E-state index >= 15 is 0 Å². The van der Waals surface area contributed by atoms with Crippen molar-refractivity contribution in [1.29, 1.82) is 0 Å². The van der Waals surface area contributed by atoms with Gasteiger partial charge in [0.25, 0.3) is 0 Å². The molecule has 0 saturated carbocycles. The molecule has 0 spiro atoms. The zero-order chi connectivity index (χ0) is 17.0. The van der Waals surface area contributed by atoms with Crippen molar-refractivity contribution < 1.29 is 13.6 Å². The Hall–Kier alpha value is -2.34. The van der Waals surface area contributed by atoms with E-state index in [4.69, 9.17) is 12.2 Å². The molecule has 2 aromatic rings. The van der Waals surface area contributed by atoms with E-state index in [1.54, 1.807) is 31.1 Å². The second kappa shape index (κ2) is 7.28. The predicted molar refractivity (Wildman–Crippen MR) is 91.8 cm³/mol. The number of anilines is 2. The number of rotatable bonds is 4. The first-order valence-electron chi connectivity index (χ1n) is 6.92. The molecule has 0 bridgehead atoms. The average Bonchev–Trinajstić information content (AvgIpc) is 2.54. The Labute approximate surface area is 139 Å². The molecule has 0 aliphatic rings. The van der Waals surface area contributed by atoms with Crippen LogP contribution in [0, 0.1) is 11.6 Å². The van der Waals surface area contributed by atoms with Crippen LogP contribution in [0.2, 0.25) is 0 Å². The average molecular weight is 334 g/mol. The third kappa shape index (κ3) is 4.32. The summed E-state index contributed by atoms with van der Waals surface area (Å²) >= 11 is 5.28. The van der Waals surface area contributed by atoms with Gasteiger partial charge in [0, 0.05) is 25.5 Å². The highest BCUT2D eigenvalue weighted by atomic mass is 32.1. The molecule has 2 rings (SSSR count). The number of amides is 1. The van der Waals surface area contributed by atoms with Gasteiger partial charge in [-0.25, -0.2) is 8.78 Å². The Morgan fingerprint density at radius 1 is 0.870 bits per heavy atom. The van der Waals surface area contributed by atoms with Gasteiger partial charge in [0.15, 0.2) is 0 Å². The molecule has 0 aliphatic carbocycles. The van der Waals surface area contributed by atoms with Crippen molar-refractivity contribution in [3.63, 3.8) is 0 Å². The van der Waals surface area contributed by atoms with Crippen molar-refractivity contribution in [2.75, 3.05) is 23.9 Å². The number of hydrogen-bond acceptors (Lipinski definition) is 2. The molecule has 2 aromatic carbocycles. The van der Waals surface area contributed by atoms with E-state index in [1.165, 1.54) is 41.3 Å². The highest BCUT2D eigenvalue weighted by Crippen LogP contribution is 2.17. The van der Waals surface area contributed by atoms with Crippen molar-refractivity contribution in [2.24, 2.45) is 0 Å². The van der Waals surface area contributed by atoms with Crippen molar-refractivity contribution in [1.82, 2.24) is 0 Å². The lowest BCUT2D eigenvalue weighted by molar-refractivity contribution is -0.117. The predicted octanol–water partition coefficient (Wildman–Crippen LogP) is 3.78. The summed E-state index contributed by atoms with van der Waals surface area (Å²) in [5, 5.41) is 0. The minimum atomic E-state index is -0.360. The fourth-order valence-corrected chi connectivity index (χ4v) is 2.21. The number of thiocarbonyl (C=S) groups is 1. The molecule has 0 radical (unpaired) electrons. The van der Waals surface area contributed by atoms with Gasteiger partial charge >= 0.3 is 0 Å². The van der Waals surface area contributed by atoms with Crippen LogP contribution in [0.4, 0.5) is 20.2 Å². The van der Waals surface area contributed by atoms with Gasteiger partial charge in [0.1, 0.15) is 11.6 Å². The Bertz CT molecular complexity index is 640. The molecule has 0 N–H and O–H groups in total. The van der Waals surface area contributed by atoms with E-state index in [1.807, 2.05) is 0 Å². The number of halogens is 2. The van der Waals surface area contributed by atoms with Crippen molar-refractivity contribution in [3.8, 4) is 0 Å². The molecule has 120 valence electrons. The van der Waals surface area contributed by atoms with E-state index in [0.29, 0.717) is 16.4 Å². The molecule has 1 amide bonds. The number of benzene rings is 2. The quantitative estimate of drug-likeness (QED) is 0.795. The van der Waals surface area contributed by atoms with Crippen LogP contribution in [0.15, 0.2) is 48.5 Å². The topological polar surface area (TPSA) is 23.6 Å². The maximum absolute atomic E-state index is 12.9. The van der Waals surface area contributed by atoms with Gasteiger partial charge in [-0.15, -0.1) is 0 Å². The van der Waals surface area contributed by atoms with Crippen molar-refractivity contribution in [2.45, 2.75) is 6.42 Å². The first-order chi connectivity index (χ1) is 10.9. The molecule has 0 aliphatic heterocycles. The lowest BCUT2D eigenvalue weighted by Gasteiger charge is -2.23. The summed E-state index contributed by atoms with van der Waals surface area (Å²) in [4.78, 5) is 15.8. The standard InChI is InChI=1S/C17H16F2N2OS/c1-20(14-7-3-12(18)4-8-14)16(22)11-17(23)21(2)15-9-5-13(19)6-10-15/h3-10H,11H2,1-2H3. The lowest BCUT2D eigenvalue weighted by atomic mass is 10.2. The number of carbonyl (C=O) groups excluding carboxylic acids is 1. The fourth-order valence-electron chi connectivity index (χ4n) is 1.98. The highest BCUT2D eigenvalue weighted by molar-refractivity contribution is 7.80. The molecule has 0 atom stereocenters. The summed E-state index contributed by atoms with van der Waals surface area (Å²) in [5.41, 5.74) is 1.29. The monoisotopic (exact) mass is 334 g/mol. The van der Waals surface area contributed by atoms with E-state index < -0.39 is 0 Å². The van der Waals surface area contributed by atoms with Crippen molar-refractivity contribution >= 4 is 34.5 Å². The zero-order valence-corrected chi connectivity index (χ0v) is 13.6. The third-order valence-corrected chi connectivity index (χ3v) is 3.90. The fraction of sp³-hybridized carbons (Fsp3) is 0.176.